The predicted octanol–water partition coefficient (Wildman–Crippen LogP) is 2.92. The van der Waals surface area contributed by atoms with E-state index in [4.69, 9.17) is 1.37 Å². The molecule has 0 aromatic rings. The van der Waals surface area contributed by atoms with Crippen LogP contribution < -0.4 is 0 Å². The third-order valence-electron chi connectivity index (χ3n) is 0.701. The van der Waals surface area contributed by atoms with E-state index in [2.05, 4.69) is 0 Å². The van der Waals surface area contributed by atoms with Crippen molar-refractivity contribution in [1.82, 2.24) is 0 Å². The molecule has 0 aromatic heterocycles. The third kappa shape index (κ3) is 5.48. The van der Waals surface area contributed by atoms with Crippen LogP contribution in [-0.4, -0.2) is 0 Å². The van der Waals surface area contributed by atoms with Crippen LogP contribution in [0.5, 0.6) is 0 Å². The van der Waals surface area contributed by atoms with Crippen LogP contribution in [0.4, 0.5) is 0 Å². The van der Waals surface area contributed by atoms with Crippen LogP contribution in [0.25, 0.3) is 0 Å². The summed E-state index contributed by atoms with van der Waals surface area (Å²) < 4.78 is 6.96. The fraction of sp³-hybridized carbons (Fsp3) is 0.500. The number of rotatable bonds is 1. The van der Waals surface area contributed by atoms with Gasteiger partial charge in [0.05, 0.1) is 0 Å². The fourth-order valence-corrected chi connectivity index (χ4v) is 0.309. The van der Waals surface area contributed by atoms with E-state index in [1.807, 2.05) is 32.9 Å². The van der Waals surface area contributed by atoms with E-state index in [1.54, 1.807) is 0 Å². The van der Waals surface area contributed by atoms with Crippen LogP contribution in [0.2, 0.25) is 0 Å². The molecule has 0 radical (unpaired) electrons. The van der Waals surface area contributed by atoms with Crippen LogP contribution in [0.3, 0.4) is 0 Å². The number of allylic oxidation sites excluding steroid dienone is 4. The lowest BCUT2D eigenvalue weighted by Gasteiger charge is -1.84. The summed E-state index contributed by atoms with van der Waals surface area (Å²) in [5.41, 5.74) is 2.39. The molecule has 0 aliphatic carbocycles. The Kier molecular flexibility index (Phi) is 2.44. The van der Waals surface area contributed by atoms with Crippen LogP contribution >= 0.6 is 0 Å². The highest BCUT2D eigenvalue weighted by Crippen LogP contribution is 1.93. The summed E-state index contributed by atoms with van der Waals surface area (Å²) in [7, 11) is 0. The quantitative estimate of drug-likeness (QED) is 0.456. The fourth-order valence-electron chi connectivity index (χ4n) is 0.309. The maximum atomic E-state index is 6.96. The van der Waals surface area contributed by atoms with Crippen molar-refractivity contribution in [2.24, 2.45) is 0 Å². The Labute approximate surface area is 53.3 Å². The van der Waals surface area contributed by atoms with Crippen LogP contribution in [0.15, 0.2) is 23.3 Å². The molecule has 0 heterocycles. The molecule has 0 spiro atoms. The summed E-state index contributed by atoms with van der Waals surface area (Å²) in [5, 5.41) is 0. The summed E-state index contributed by atoms with van der Waals surface area (Å²) in [5.74, 6) is 0. The molecule has 0 aliphatic rings. The average molecular weight is 111 g/mol. The topological polar surface area (TPSA) is 0 Å². The molecule has 0 N–H and O–H groups in total. The van der Waals surface area contributed by atoms with Gasteiger partial charge in [-0.1, -0.05) is 23.3 Å². The van der Waals surface area contributed by atoms with Crippen molar-refractivity contribution in [3.8, 4) is 0 Å². The highest BCUT2D eigenvalue weighted by molar-refractivity contribution is 5.12. The molecule has 0 amide bonds. The summed E-state index contributed by atoms with van der Waals surface area (Å²) in [4.78, 5) is 0. The van der Waals surface area contributed by atoms with Crippen molar-refractivity contribution in [3.05, 3.63) is 23.3 Å². The zero-order valence-corrected chi connectivity index (χ0v) is 5.86. The Morgan fingerprint density at radius 2 is 1.62 bits per heavy atom. The molecule has 0 nitrogen and oxygen atoms in total. The minimum Gasteiger partial charge on any atom is -0.0764 e. The van der Waals surface area contributed by atoms with Gasteiger partial charge in [0.25, 0.3) is 0 Å². The van der Waals surface area contributed by atoms with E-state index < -0.39 is 0 Å². The zero-order valence-electron chi connectivity index (χ0n) is 6.86. The SMILES string of the molecule is [2H]C/C(C)=C/C=C(C)C. The largest absolute Gasteiger partial charge is 0.0764 e. The van der Waals surface area contributed by atoms with Crippen LogP contribution in [0, 0.1) is 0 Å². The molecular formula is C8H14. The van der Waals surface area contributed by atoms with Crippen LogP contribution in [0.1, 0.15) is 29.0 Å². The van der Waals surface area contributed by atoms with Gasteiger partial charge in [0.15, 0.2) is 0 Å². The maximum absolute atomic E-state index is 6.96. The molecule has 0 rings (SSSR count). The Balaban J connectivity index is 3.83. The first-order valence-electron chi connectivity index (χ1n) is 3.47. The molecule has 0 aliphatic heterocycles. The highest BCUT2D eigenvalue weighted by Gasteiger charge is 1.71. The molecule has 0 unspecified atom stereocenters. The molecule has 0 heteroatoms. The van der Waals surface area contributed by atoms with Gasteiger partial charge in [0, 0.05) is 1.37 Å². The summed E-state index contributed by atoms with van der Waals surface area (Å²) >= 11 is 0. The first-order chi connectivity index (χ1) is 4.16. The Bertz CT molecular complexity index is 128. The van der Waals surface area contributed by atoms with E-state index >= 15 is 0 Å². The first-order valence-corrected chi connectivity index (χ1v) is 2.76. The molecule has 0 saturated carbocycles. The lowest BCUT2D eigenvalue weighted by molar-refractivity contribution is 1.35. The Morgan fingerprint density at radius 1 is 1.12 bits per heavy atom. The molecule has 46 valence electrons. The van der Waals surface area contributed by atoms with Gasteiger partial charge >= 0.3 is 0 Å². The van der Waals surface area contributed by atoms with Crippen molar-refractivity contribution in [1.29, 1.82) is 0 Å². The van der Waals surface area contributed by atoms with Gasteiger partial charge in [-0.05, 0) is 27.7 Å². The van der Waals surface area contributed by atoms with Crippen molar-refractivity contribution in [2.75, 3.05) is 0 Å². The highest BCUT2D eigenvalue weighted by atomic mass is 13.8. The summed E-state index contributed by atoms with van der Waals surface area (Å²) in [6, 6.07) is 0. The van der Waals surface area contributed by atoms with E-state index in [0.29, 0.717) is 6.90 Å². The molecule has 0 bridgehead atoms. The van der Waals surface area contributed by atoms with Gasteiger partial charge in [-0.15, -0.1) is 0 Å². The van der Waals surface area contributed by atoms with Gasteiger partial charge < -0.3 is 0 Å². The molecule has 0 fully saturated rings. The van der Waals surface area contributed by atoms with E-state index in [0.717, 1.165) is 5.57 Å². The van der Waals surface area contributed by atoms with Crippen LogP contribution in [-0.2, 0) is 0 Å². The van der Waals surface area contributed by atoms with Gasteiger partial charge in [-0.2, -0.15) is 0 Å². The maximum Gasteiger partial charge on any atom is 0.0276 e. The van der Waals surface area contributed by atoms with Gasteiger partial charge in [0.2, 0.25) is 0 Å². The third-order valence-corrected chi connectivity index (χ3v) is 0.701. The zero-order chi connectivity index (χ0) is 7.28. The summed E-state index contributed by atoms with van der Waals surface area (Å²) in [6.45, 7) is 6.47. The number of hydrogen-bond acceptors (Lipinski definition) is 0. The normalized spacial score (nSPS) is 12.9. The smallest absolute Gasteiger partial charge is 0.0276 e. The van der Waals surface area contributed by atoms with Crippen molar-refractivity contribution in [2.45, 2.75) is 27.7 Å². The lowest BCUT2D eigenvalue weighted by Crippen LogP contribution is -1.62. The number of hydrogen-bond donors (Lipinski definition) is 0. The second-order valence-electron chi connectivity index (χ2n) is 2.26. The van der Waals surface area contributed by atoms with Crippen molar-refractivity contribution >= 4 is 0 Å². The minimum atomic E-state index is 0.407. The predicted molar refractivity (Wildman–Crippen MR) is 38.9 cm³/mol. The second kappa shape index (κ2) is 3.48. The summed E-state index contributed by atoms with van der Waals surface area (Å²) in [6.07, 6.45) is 4.02. The average Bonchev–Trinajstić information content (AvgIpc) is 1.83. The monoisotopic (exact) mass is 111 g/mol. The Morgan fingerprint density at radius 3 is 2.00 bits per heavy atom. The molecule has 8 heavy (non-hydrogen) atoms. The van der Waals surface area contributed by atoms with E-state index in [1.165, 1.54) is 5.57 Å². The van der Waals surface area contributed by atoms with Crippen molar-refractivity contribution < 1.29 is 1.37 Å². The molecule has 0 saturated heterocycles. The first kappa shape index (κ1) is 5.61. The molecular weight excluding hydrogens is 96.1 g/mol. The van der Waals surface area contributed by atoms with Gasteiger partial charge in [-0.25, -0.2) is 0 Å². The standard InChI is InChI=1S/C8H14/c1-7(2)5-6-8(3)4/h5-6H,1-4H3/i1D/b7-5-. The van der Waals surface area contributed by atoms with E-state index in [-0.39, 0.29) is 0 Å². The van der Waals surface area contributed by atoms with Gasteiger partial charge in [0.1, 0.15) is 0 Å². The molecule has 0 atom stereocenters. The minimum absolute atomic E-state index is 0.407. The second-order valence-corrected chi connectivity index (χ2v) is 2.26. The Hall–Kier alpha value is -0.520. The van der Waals surface area contributed by atoms with Gasteiger partial charge in [-0.3, -0.25) is 0 Å². The van der Waals surface area contributed by atoms with Crippen molar-refractivity contribution in [3.63, 3.8) is 0 Å². The van der Waals surface area contributed by atoms with E-state index in [9.17, 15) is 0 Å². The molecule has 0 aromatic carbocycles. The lowest BCUT2D eigenvalue weighted by atomic mass is 10.2.